The summed E-state index contributed by atoms with van der Waals surface area (Å²) in [6, 6.07) is -0.243. The number of carbonyl (C=O) groups is 1. The Balaban J connectivity index is 3.10. The first-order chi connectivity index (χ1) is 6.81. The second kappa shape index (κ2) is 10.6. The number of carbonyl (C=O) groups excluding carboxylic acids is 1. The summed E-state index contributed by atoms with van der Waals surface area (Å²) in [7, 11) is 1.59. The van der Waals surface area contributed by atoms with Crippen LogP contribution in [0.4, 0.5) is 4.79 Å². The van der Waals surface area contributed by atoms with Crippen molar-refractivity contribution in [2.45, 2.75) is 6.42 Å². The smallest absolute Gasteiger partial charge is 0.316 e. The van der Waals surface area contributed by atoms with Crippen LogP contribution in [-0.2, 0) is 9.47 Å². The van der Waals surface area contributed by atoms with Gasteiger partial charge >= 0.3 is 6.03 Å². The highest BCUT2D eigenvalue weighted by molar-refractivity contribution is 6.17. The molecule has 0 unspecified atom stereocenters. The van der Waals surface area contributed by atoms with Crippen LogP contribution in [0.1, 0.15) is 6.42 Å². The maximum Gasteiger partial charge on any atom is 0.316 e. The average Bonchev–Trinajstić information content (AvgIpc) is 2.18. The van der Waals surface area contributed by atoms with Gasteiger partial charge in [-0.05, 0) is 6.42 Å². The van der Waals surface area contributed by atoms with Crippen molar-refractivity contribution in [1.29, 1.82) is 0 Å². The summed E-state index contributed by atoms with van der Waals surface area (Å²) >= 11 is 5.44. The van der Waals surface area contributed by atoms with Gasteiger partial charge in [0.05, 0.1) is 13.2 Å². The Bertz CT molecular complexity index is 147. The van der Waals surface area contributed by atoms with E-state index in [0.29, 0.717) is 25.6 Å². The predicted molar refractivity (Wildman–Crippen MR) is 54.6 cm³/mol. The molecule has 0 saturated carbocycles. The van der Waals surface area contributed by atoms with Crippen LogP contribution in [0.15, 0.2) is 0 Å². The minimum absolute atomic E-state index is 0.191. The van der Waals surface area contributed by atoms with Crippen molar-refractivity contribution in [2.75, 3.05) is 39.5 Å². The summed E-state index contributed by atoms with van der Waals surface area (Å²) in [5.41, 5.74) is 0. The standard InChI is InChI=1S/C8H17ClN2O3/c1-13-5-6-14-7-11-8(12)10-4-2-3-9/h2-7H2,1H3,(H2,10,11,12). The van der Waals surface area contributed by atoms with E-state index in [1.54, 1.807) is 7.11 Å². The minimum Gasteiger partial charge on any atom is -0.382 e. The molecule has 0 rings (SSSR count). The molecule has 5 nitrogen and oxygen atoms in total. The fraction of sp³-hybridized carbons (Fsp3) is 0.875. The van der Waals surface area contributed by atoms with Crippen molar-refractivity contribution in [3.63, 3.8) is 0 Å². The quantitative estimate of drug-likeness (QED) is 0.359. The Morgan fingerprint density at radius 1 is 1.36 bits per heavy atom. The van der Waals surface area contributed by atoms with Gasteiger partial charge in [-0.2, -0.15) is 0 Å². The zero-order valence-electron chi connectivity index (χ0n) is 8.35. The topological polar surface area (TPSA) is 59.6 Å². The predicted octanol–water partition coefficient (Wildman–Crippen LogP) is 0.535. The van der Waals surface area contributed by atoms with Crippen LogP contribution in [0, 0.1) is 0 Å². The maximum absolute atomic E-state index is 11.0. The lowest BCUT2D eigenvalue weighted by molar-refractivity contribution is 0.0643. The molecule has 2 amide bonds. The average molecular weight is 225 g/mol. The zero-order valence-corrected chi connectivity index (χ0v) is 9.10. The van der Waals surface area contributed by atoms with E-state index >= 15 is 0 Å². The van der Waals surface area contributed by atoms with Crippen LogP contribution < -0.4 is 10.6 Å². The van der Waals surface area contributed by atoms with E-state index in [9.17, 15) is 4.79 Å². The molecule has 0 atom stereocenters. The van der Waals surface area contributed by atoms with Gasteiger partial charge in [-0.15, -0.1) is 11.6 Å². The fourth-order valence-electron chi connectivity index (χ4n) is 0.662. The SMILES string of the molecule is COCCOCNC(=O)NCCCCl. The summed E-state index contributed by atoms with van der Waals surface area (Å²) < 4.78 is 9.79. The molecule has 0 bridgehead atoms. The summed E-state index contributed by atoms with van der Waals surface area (Å²) in [6.07, 6.45) is 0.763. The highest BCUT2D eigenvalue weighted by Crippen LogP contribution is 1.80. The molecule has 14 heavy (non-hydrogen) atoms. The van der Waals surface area contributed by atoms with Crippen molar-refractivity contribution in [1.82, 2.24) is 10.6 Å². The third-order valence-electron chi connectivity index (χ3n) is 1.36. The molecular formula is C8H17ClN2O3. The third kappa shape index (κ3) is 9.57. The summed E-state index contributed by atoms with van der Waals surface area (Å²) in [5.74, 6) is 0.546. The Morgan fingerprint density at radius 3 is 2.79 bits per heavy atom. The van der Waals surface area contributed by atoms with E-state index in [-0.39, 0.29) is 12.8 Å². The molecule has 0 aliphatic carbocycles. The van der Waals surface area contributed by atoms with Gasteiger partial charge in [0.25, 0.3) is 0 Å². The Labute approximate surface area is 89.1 Å². The van der Waals surface area contributed by atoms with Gasteiger partial charge in [0.2, 0.25) is 0 Å². The Kier molecular flexibility index (Phi) is 10.2. The molecule has 84 valence electrons. The Morgan fingerprint density at radius 2 is 2.14 bits per heavy atom. The van der Waals surface area contributed by atoms with Crippen LogP contribution in [0.3, 0.4) is 0 Å². The van der Waals surface area contributed by atoms with E-state index in [0.717, 1.165) is 6.42 Å². The number of nitrogens with one attached hydrogen (secondary N) is 2. The molecule has 0 fully saturated rings. The van der Waals surface area contributed by atoms with Crippen molar-refractivity contribution < 1.29 is 14.3 Å². The molecule has 0 heterocycles. The first-order valence-corrected chi connectivity index (χ1v) is 4.99. The number of rotatable bonds is 8. The van der Waals surface area contributed by atoms with E-state index in [1.165, 1.54) is 0 Å². The van der Waals surface area contributed by atoms with Gasteiger partial charge in [0.1, 0.15) is 6.73 Å². The van der Waals surface area contributed by atoms with E-state index in [2.05, 4.69) is 10.6 Å². The number of urea groups is 1. The van der Waals surface area contributed by atoms with E-state index in [4.69, 9.17) is 21.1 Å². The fourth-order valence-corrected chi connectivity index (χ4v) is 0.796. The van der Waals surface area contributed by atoms with Crippen molar-refractivity contribution in [3.8, 4) is 0 Å². The molecule has 0 aliphatic rings. The summed E-state index contributed by atoms with van der Waals surface area (Å²) in [4.78, 5) is 11.0. The van der Waals surface area contributed by atoms with Gasteiger partial charge in [0, 0.05) is 19.5 Å². The van der Waals surface area contributed by atoms with Gasteiger partial charge in [-0.3, -0.25) is 0 Å². The number of hydrogen-bond donors (Lipinski definition) is 2. The van der Waals surface area contributed by atoms with Crippen LogP contribution in [0.25, 0.3) is 0 Å². The molecular weight excluding hydrogens is 208 g/mol. The molecule has 0 aromatic carbocycles. The lowest BCUT2D eigenvalue weighted by Crippen LogP contribution is -2.37. The molecule has 0 aromatic rings. The Hall–Kier alpha value is -0.520. The second-order valence-corrected chi connectivity index (χ2v) is 2.90. The van der Waals surface area contributed by atoms with Gasteiger partial charge in [-0.1, -0.05) is 0 Å². The molecule has 0 aliphatic heterocycles. The molecule has 2 N–H and O–H groups in total. The number of amides is 2. The summed E-state index contributed by atoms with van der Waals surface area (Å²) in [5, 5.41) is 5.16. The highest BCUT2D eigenvalue weighted by atomic mass is 35.5. The maximum atomic E-state index is 11.0. The van der Waals surface area contributed by atoms with Crippen molar-refractivity contribution in [2.24, 2.45) is 0 Å². The first-order valence-electron chi connectivity index (χ1n) is 4.45. The first kappa shape index (κ1) is 13.5. The number of alkyl halides is 1. The number of methoxy groups -OCH3 is 1. The highest BCUT2D eigenvalue weighted by Gasteiger charge is 1.96. The van der Waals surface area contributed by atoms with Crippen LogP contribution >= 0.6 is 11.6 Å². The summed E-state index contributed by atoms with van der Waals surface area (Å²) in [6.45, 7) is 1.76. The van der Waals surface area contributed by atoms with Crippen molar-refractivity contribution >= 4 is 17.6 Å². The van der Waals surface area contributed by atoms with Crippen molar-refractivity contribution in [3.05, 3.63) is 0 Å². The third-order valence-corrected chi connectivity index (χ3v) is 1.63. The normalized spacial score (nSPS) is 9.86. The second-order valence-electron chi connectivity index (χ2n) is 2.52. The molecule has 6 heteroatoms. The van der Waals surface area contributed by atoms with Crippen LogP contribution in [-0.4, -0.2) is 45.5 Å². The number of hydrogen-bond acceptors (Lipinski definition) is 3. The lowest BCUT2D eigenvalue weighted by Gasteiger charge is -2.07. The van der Waals surface area contributed by atoms with Gasteiger partial charge in [-0.25, -0.2) is 4.79 Å². The monoisotopic (exact) mass is 224 g/mol. The molecule has 0 spiro atoms. The molecule has 0 saturated heterocycles. The zero-order chi connectivity index (χ0) is 10.6. The van der Waals surface area contributed by atoms with E-state index in [1.807, 2.05) is 0 Å². The van der Waals surface area contributed by atoms with Crippen LogP contribution in [0.5, 0.6) is 0 Å². The van der Waals surface area contributed by atoms with E-state index < -0.39 is 0 Å². The minimum atomic E-state index is -0.243. The largest absolute Gasteiger partial charge is 0.382 e. The lowest BCUT2D eigenvalue weighted by atomic mass is 10.5. The van der Waals surface area contributed by atoms with Crippen LogP contribution in [0.2, 0.25) is 0 Å². The number of halogens is 1. The van der Waals surface area contributed by atoms with Gasteiger partial charge in [0.15, 0.2) is 0 Å². The molecule has 0 aromatic heterocycles. The van der Waals surface area contributed by atoms with Gasteiger partial charge < -0.3 is 20.1 Å². The molecule has 0 radical (unpaired) electrons. The number of ether oxygens (including phenoxy) is 2.